The van der Waals surface area contributed by atoms with Gasteiger partial charge in [-0.05, 0) is 48.5 Å². The van der Waals surface area contributed by atoms with Crippen molar-refractivity contribution in [2.75, 3.05) is 11.9 Å². The summed E-state index contributed by atoms with van der Waals surface area (Å²) in [5.74, 6) is -0.279. The largest absolute Gasteiger partial charge is 0.416 e. The van der Waals surface area contributed by atoms with Crippen molar-refractivity contribution in [2.24, 2.45) is 0 Å². The lowest BCUT2D eigenvalue weighted by atomic mass is 10.1. The van der Waals surface area contributed by atoms with Gasteiger partial charge in [-0.3, -0.25) is 9.20 Å². The fourth-order valence-electron chi connectivity index (χ4n) is 3.22. The molecule has 0 saturated heterocycles. The summed E-state index contributed by atoms with van der Waals surface area (Å²) in [7, 11) is 1.62. The molecule has 4 aromatic rings. The van der Waals surface area contributed by atoms with Gasteiger partial charge in [0.05, 0.1) is 34.7 Å². The Morgan fingerprint density at radius 3 is 2.32 bits per heavy atom. The molecule has 0 N–H and O–H groups in total. The van der Waals surface area contributed by atoms with Crippen molar-refractivity contribution in [3.05, 3.63) is 89.7 Å². The number of halogens is 3. The van der Waals surface area contributed by atoms with E-state index < -0.39 is 11.7 Å². The Hall–Kier alpha value is -4.12. The minimum Gasteiger partial charge on any atom is -0.311 e. The number of pyridine rings is 1. The van der Waals surface area contributed by atoms with Gasteiger partial charge in [0, 0.05) is 24.5 Å². The maximum absolute atomic E-state index is 13.0. The van der Waals surface area contributed by atoms with E-state index in [0.717, 1.165) is 12.1 Å². The van der Waals surface area contributed by atoms with Crippen LogP contribution >= 0.6 is 0 Å². The normalized spacial score (nSPS) is 11.3. The van der Waals surface area contributed by atoms with E-state index in [0.29, 0.717) is 33.7 Å². The zero-order chi connectivity index (χ0) is 22.2. The minimum atomic E-state index is -4.41. The van der Waals surface area contributed by atoms with Gasteiger partial charge in [0.1, 0.15) is 5.65 Å². The number of aromatic nitrogens is 2. The number of fused-ring (bicyclic) bond motifs is 1. The first-order valence-corrected chi connectivity index (χ1v) is 9.21. The minimum absolute atomic E-state index is 0.279. The predicted molar refractivity (Wildman–Crippen MR) is 110 cm³/mol. The zero-order valence-corrected chi connectivity index (χ0v) is 16.3. The van der Waals surface area contributed by atoms with E-state index in [1.54, 1.807) is 60.2 Å². The number of carbonyl (C=O) groups is 1. The highest BCUT2D eigenvalue weighted by molar-refractivity contribution is 6.05. The molecule has 8 heteroatoms. The van der Waals surface area contributed by atoms with E-state index in [2.05, 4.69) is 4.98 Å². The van der Waals surface area contributed by atoms with E-state index in [1.807, 2.05) is 6.07 Å². The summed E-state index contributed by atoms with van der Waals surface area (Å²) in [6.45, 7) is 0. The lowest BCUT2D eigenvalue weighted by Crippen LogP contribution is -2.26. The summed E-state index contributed by atoms with van der Waals surface area (Å²) in [4.78, 5) is 18.7. The number of alkyl halides is 3. The zero-order valence-electron chi connectivity index (χ0n) is 16.3. The molecule has 0 unspecified atom stereocenters. The van der Waals surface area contributed by atoms with E-state index in [9.17, 15) is 18.0 Å². The number of rotatable bonds is 3. The highest BCUT2D eigenvalue weighted by atomic mass is 19.4. The second kappa shape index (κ2) is 7.61. The Kier molecular flexibility index (Phi) is 4.95. The monoisotopic (exact) mass is 420 g/mol. The smallest absolute Gasteiger partial charge is 0.311 e. The molecule has 4 rings (SSSR count). The van der Waals surface area contributed by atoms with Gasteiger partial charge in [0.2, 0.25) is 0 Å². The highest BCUT2D eigenvalue weighted by Gasteiger charge is 2.30. The molecule has 0 fully saturated rings. The molecule has 0 spiro atoms. The van der Waals surface area contributed by atoms with Crippen LogP contribution in [-0.4, -0.2) is 22.3 Å². The standard InChI is InChI=1S/C23H15F3N4O/c1-29(19-9-2-15(12-27)3-10-19)22(31)17-6-11-21-28-13-20(30(21)14-17)16-4-7-18(8-5-16)23(24,25)26/h2-11,13-14H,1H3. The number of amides is 1. The SMILES string of the molecule is CN(C(=O)c1ccc2ncc(-c3ccc(C(F)(F)F)cc3)n2c1)c1ccc(C#N)cc1. The van der Waals surface area contributed by atoms with Crippen molar-refractivity contribution in [1.82, 2.24) is 9.38 Å². The number of imidazole rings is 1. The molecule has 5 nitrogen and oxygen atoms in total. The van der Waals surface area contributed by atoms with Crippen LogP contribution in [0.25, 0.3) is 16.9 Å². The van der Waals surface area contributed by atoms with Crippen molar-refractivity contribution < 1.29 is 18.0 Å². The molecule has 31 heavy (non-hydrogen) atoms. The van der Waals surface area contributed by atoms with Crippen molar-refractivity contribution in [1.29, 1.82) is 5.26 Å². The van der Waals surface area contributed by atoms with Crippen molar-refractivity contribution in [3.63, 3.8) is 0 Å². The number of anilines is 1. The summed E-state index contributed by atoms with van der Waals surface area (Å²) in [6, 6.07) is 16.7. The van der Waals surface area contributed by atoms with Gasteiger partial charge in [0.15, 0.2) is 0 Å². The lowest BCUT2D eigenvalue weighted by Gasteiger charge is -2.17. The maximum Gasteiger partial charge on any atom is 0.416 e. The maximum atomic E-state index is 13.0. The second-order valence-corrected chi connectivity index (χ2v) is 6.89. The quantitative estimate of drug-likeness (QED) is 0.460. The van der Waals surface area contributed by atoms with Crippen LogP contribution in [0.1, 0.15) is 21.5 Å². The first-order chi connectivity index (χ1) is 14.8. The van der Waals surface area contributed by atoms with E-state index in [4.69, 9.17) is 5.26 Å². The lowest BCUT2D eigenvalue weighted by molar-refractivity contribution is -0.137. The number of carbonyl (C=O) groups excluding carboxylic acids is 1. The first kappa shape index (κ1) is 20.2. The molecular formula is C23H15F3N4O. The average molecular weight is 420 g/mol. The van der Waals surface area contributed by atoms with Crippen molar-refractivity contribution >= 4 is 17.2 Å². The van der Waals surface area contributed by atoms with Gasteiger partial charge in [-0.1, -0.05) is 12.1 Å². The Balaban J connectivity index is 1.67. The Labute approximate surface area is 175 Å². The molecule has 154 valence electrons. The van der Waals surface area contributed by atoms with Gasteiger partial charge in [0.25, 0.3) is 5.91 Å². The summed E-state index contributed by atoms with van der Waals surface area (Å²) in [5.41, 5.74) is 2.44. The van der Waals surface area contributed by atoms with Crippen LogP contribution in [0.15, 0.2) is 73.1 Å². The number of nitriles is 1. The fraction of sp³-hybridized carbons (Fsp3) is 0.0870. The van der Waals surface area contributed by atoms with Gasteiger partial charge >= 0.3 is 6.18 Å². The molecule has 0 aliphatic rings. The molecule has 1 amide bonds. The molecule has 0 atom stereocenters. The number of hydrogen-bond acceptors (Lipinski definition) is 3. The first-order valence-electron chi connectivity index (χ1n) is 9.21. The number of hydrogen-bond donors (Lipinski definition) is 0. The topological polar surface area (TPSA) is 61.4 Å². The molecule has 0 bridgehead atoms. The van der Waals surface area contributed by atoms with Gasteiger partial charge in [-0.15, -0.1) is 0 Å². The van der Waals surface area contributed by atoms with Crippen LogP contribution in [0.4, 0.5) is 18.9 Å². The van der Waals surface area contributed by atoms with Crippen LogP contribution in [-0.2, 0) is 6.18 Å². The third-order valence-electron chi connectivity index (χ3n) is 4.95. The Morgan fingerprint density at radius 2 is 1.71 bits per heavy atom. The average Bonchev–Trinajstić information content (AvgIpc) is 3.21. The van der Waals surface area contributed by atoms with E-state index in [-0.39, 0.29) is 5.91 Å². The van der Waals surface area contributed by atoms with Crippen LogP contribution in [0.5, 0.6) is 0 Å². The van der Waals surface area contributed by atoms with E-state index >= 15 is 0 Å². The third kappa shape index (κ3) is 3.85. The third-order valence-corrected chi connectivity index (χ3v) is 4.95. The molecule has 2 aromatic heterocycles. The second-order valence-electron chi connectivity index (χ2n) is 6.89. The molecule has 2 aromatic carbocycles. The molecule has 0 aliphatic heterocycles. The number of benzene rings is 2. The summed E-state index contributed by atoms with van der Waals surface area (Å²) in [6.07, 6.45) is -1.25. The number of nitrogens with zero attached hydrogens (tertiary/aromatic N) is 4. The van der Waals surface area contributed by atoms with E-state index in [1.165, 1.54) is 17.0 Å². The molecule has 0 aliphatic carbocycles. The Bertz CT molecular complexity index is 1300. The Morgan fingerprint density at radius 1 is 1.03 bits per heavy atom. The molecule has 2 heterocycles. The molecule has 0 saturated carbocycles. The summed E-state index contributed by atoms with van der Waals surface area (Å²) in [5, 5.41) is 8.91. The molecular weight excluding hydrogens is 405 g/mol. The van der Waals surface area contributed by atoms with Gasteiger partial charge < -0.3 is 4.90 Å². The highest BCUT2D eigenvalue weighted by Crippen LogP contribution is 2.31. The summed E-state index contributed by atoms with van der Waals surface area (Å²) >= 11 is 0. The predicted octanol–water partition coefficient (Wildman–Crippen LogP) is 5.17. The van der Waals surface area contributed by atoms with Crippen LogP contribution in [0.3, 0.4) is 0 Å². The van der Waals surface area contributed by atoms with Crippen LogP contribution in [0, 0.1) is 11.3 Å². The molecule has 0 radical (unpaired) electrons. The van der Waals surface area contributed by atoms with Crippen LogP contribution in [0.2, 0.25) is 0 Å². The van der Waals surface area contributed by atoms with Gasteiger partial charge in [-0.25, -0.2) is 4.98 Å². The van der Waals surface area contributed by atoms with Crippen molar-refractivity contribution in [3.8, 4) is 17.3 Å². The van der Waals surface area contributed by atoms with Crippen LogP contribution < -0.4 is 4.90 Å². The van der Waals surface area contributed by atoms with Crippen molar-refractivity contribution in [2.45, 2.75) is 6.18 Å². The van der Waals surface area contributed by atoms with Gasteiger partial charge in [-0.2, -0.15) is 18.4 Å². The summed E-state index contributed by atoms with van der Waals surface area (Å²) < 4.78 is 40.2. The fourth-order valence-corrected chi connectivity index (χ4v) is 3.22.